The molecule has 0 aliphatic carbocycles. The molecule has 0 saturated heterocycles. The van der Waals surface area contributed by atoms with Crippen molar-refractivity contribution in [3.63, 3.8) is 0 Å². The zero-order valence-corrected chi connectivity index (χ0v) is 16.4. The summed E-state index contributed by atoms with van der Waals surface area (Å²) in [5.41, 5.74) is 1.61. The van der Waals surface area contributed by atoms with Gasteiger partial charge < -0.3 is 5.32 Å². The van der Waals surface area contributed by atoms with E-state index in [-0.39, 0.29) is 24.5 Å². The molecule has 2 heterocycles. The van der Waals surface area contributed by atoms with E-state index in [0.717, 1.165) is 20.9 Å². The number of hydrogen-bond donors (Lipinski definition) is 2. The van der Waals surface area contributed by atoms with Crippen LogP contribution >= 0.6 is 11.3 Å². The summed E-state index contributed by atoms with van der Waals surface area (Å²) in [6.45, 7) is 5.72. The van der Waals surface area contributed by atoms with E-state index in [9.17, 15) is 9.59 Å². The Labute approximate surface area is 162 Å². The number of ketones is 1. The maximum atomic E-state index is 12.5. The number of rotatable bonds is 7. The van der Waals surface area contributed by atoms with Gasteiger partial charge in [-0.05, 0) is 32.4 Å². The van der Waals surface area contributed by atoms with Gasteiger partial charge in [-0.3, -0.25) is 14.7 Å². The van der Waals surface area contributed by atoms with E-state index in [1.165, 1.54) is 0 Å². The third-order valence-corrected chi connectivity index (χ3v) is 5.20. The van der Waals surface area contributed by atoms with Gasteiger partial charge in [-0.1, -0.05) is 30.3 Å². The lowest BCUT2D eigenvalue weighted by Gasteiger charge is -2.16. The van der Waals surface area contributed by atoms with E-state index in [1.807, 2.05) is 57.2 Å². The Morgan fingerprint density at radius 2 is 1.89 bits per heavy atom. The first kappa shape index (κ1) is 19.0. The number of aromatic amines is 1. The van der Waals surface area contributed by atoms with E-state index in [0.29, 0.717) is 11.6 Å². The second kappa shape index (κ2) is 8.26. The highest BCUT2D eigenvalue weighted by Gasteiger charge is 2.21. The average molecular weight is 382 g/mol. The molecule has 0 spiro atoms. The number of nitrogens with one attached hydrogen (secondary N) is 2. The monoisotopic (exact) mass is 382 g/mol. The molecule has 2 N–H and O–H groups in total. The highest BCUT2D eigenvalue weighted by molar-refractivity contribution is 7.12. The van der Waals surface area contributed by atoms with Crippen LogP contribution in [0.3, 0.4) is 0 Å². The van der Waals surface area contributed by atoms with Crippen LogP contribution in [0.25, 0.3) is 0 Å². The van der Waals surface area contributed by atoms with E-state index in [1.54, 1.807) is 11.3 Å². The van der Waals surface area contributed by atoms with Gasteiger partial charge in [-0.25, -0.2) is 4.98 Å². The normalized spacial score (nSPS) is 12.0. The fraction of sp³-hybridized carbons (Fsp3) is 0.300. The Balaban J connectivity index is 1.68. The first-order valence-corrected chi connectivity index (χ1v) is 9.59. The number of nitrogens with zero attached hydrogens (tertiary/aromatic N) is 2. The second-order valence-electron chi connectivity index (χ2n) is 6.44. The molecule has 6 nitrogen and oxygen atoms in total. The molecule has 1 amide bonds. The van der Waals surface area contributed by atoms with E-state index in [4.69, 9.17) is 0 Å². The number of carbonyl (C=O) groups excluding carboxylic acids is 2. The molecule has 1 aromatic carbocycles. The number of hydrogen-bond acceptors (Lipinski definition) is 5. The van der Waals surface area contributed by atoms with Gasteiger partial charge in [0, 0.05) is 28.2 Å². The molecule has 0 aliphatic heterocycles. The van der Waals surface area contributed by atoms with Crippen LogP contribution in [0.5, 0.6) is 0 Å². The standard InChI is InChI=1S/C20H22N4O2S/c1-12-11-16(13(2)27-12)17(25)9-10-18(26)22-19(15-7-5-4-6-8-15)20-21-14(3)23-24-20/h4-8,11,19H,9-10H2,1-3H3,(H,22,26)(H,21,23,24). The molecule has 1 unspecified atom stereocenters. The van der Waals surface area contributed by atoms with Crippen molar-refractivity contribution in [2.24, 2.45) is 0 Å². The lowest BCUT2D eigenvalue weighted by atomic mass is 10.0. The number of aromatic nitrogens is 3. The van der Waals surface area contributed by atoms with Crippen LogP contribution in [0.2, 0.25) is 0 Å². The third kappa shape index (κ3) is 4.68. The largest absolute Gasteiger partial charge is 0.342 e. The molecule has 0 fully saturated rings. The summed E-state index contributed by atoms with van der Waals surface area (Å²) < 4.78 is 0. The van der Waals surface area contributed by atoms with Gasteiger partial charge in [-0.2, -0.15) is 5.10 Å². The molecular formula is C20H22N4O2S. The Bertz CT molecular complexity index is 946. The van der Waals surface area contributed by atoms with Crippen LogP contribution in [0.4, 0.5) is 0 Å². The van der Waals surface area contributed by atoms with E-state index in [2.05, 4.69) is 20.5 Å². The predicted molar refractivity (Wildman–Crippen MR) is 105 cm³/mol. The number of amides is 1. The van der Waals surface area contributed by atoms with Crippen molar-refractivity contribution < 1.29 is 9.59 Å². The summed E-state index contributed by atoms with van der Waals surface area (Å²) in [6, 6.07) is 11.0. The summed E-state index contributed by atoms with van der Waals surface area (Å²) in [7, 11) is 0. The summed E-state index contributed by atoms with van der Waals surface area (Å²) in [6.07, 6.45) is 0.303. The Morgan fingerprint density at radius 1 is 1.15 bits per heavy atom. The topological polar surface area (TPSA) is 87.7 Å². The quantitative estimate of drug-likeness (QED) is 0.611. The third-order valence-electron chi connectivity index (χ3n) is 4.23. The lowest BCUT2D eigenvalue weighted by Crippen LogP contribution is -2.30. The molecule has 0 aliphatic rings. The van der Waals surface area contributed by atoms with Crippen LogP contribution in [-0.2, 0) is 4.79 Å². The van der Waals surface area contributed by atoms with Crippen LogP contribution in [0.15, 0.2) is 36.4 Å². The number of Topliss-reactive ketones (excluding diaryl/α,β-unsaturated/α-hetero) is 1. The van der Waals surface area contributed by atoms with Gasteiger partial charge in [0.25, 0.3) is 0 Å². The lowest BCUT2D eigenvalue weighted by molar-refractivity contribution is -0.121. The molecule has 0 radical (unpaired) electrons. The SMILES string of the molecule is Cc1nc(C(NC(=O)CCC(=O)c2cc(C)sc2C)c2ccccc2)n[nH]1. The average Bonchev–Trinajstić information content (AvgIpc) is 3.23. The van der Waals surface area contributed by atoms with Crippen molar-refractivity contribution in [1.82, 2.24) is 20.5 Å². The molecule has 0 bridgehead atoms. The fourth-order valence-electron chi connectivity index (χ4n) is 2.93. The van der Waals surface area contributed by atoms with Gasteiger partial charge >= 0.3 is 0 Å². The van der Waals surface area contributed by atoms with E-state index < -0.39 is 6.04 Å². The number of thiophene rings is 1. The molecule has 3 aromatic rings. The van der Waals surface area contributed by atoms with Crippen molar-refractivity contribution in [1.29, 1.82) is 0 Å². The van der Waals surface area contributed by atoms with Gasteiger partial charge in [-0.15, -0.1) is 11.3 Å². The number of carbonyl (C=O) groups is 2. The van der Waals surface area contributed by atoms with Gasteiger partial charge in [0.15, 0.2) is 11.6 Å². The maximum Gasteiger partial charge on any atom is 0.221 e. The van der Waals surface area contributed by atoms with Gasteiger partial charge in [0.2, 0.25) is 5.91 Å². The maximum absolute atomic E-state index is 12.5. The summed E-state index contributed by atoms with van der Waals surface area (Å²) in [5, 5.41) is 9.95. The molecule has 7 heteroatoms. The van der Waals surface area contributed by atoms with Crippen molar-refractivity contribution >= 4 is 23.0 Å². The summed E-state index contributed by atoms with van der Waals surface area (Å²) in [5.74, 6) is 0.975. The highest BCUT2D eigenvalue weighted by Crippen LogP contribution is 2.23. The molecule has 27 heavy (non-hydrogen) atoms. The van der Waals surface area contributed by atoms with Gasteiger partial charge in [0.1, 0.15) is 11.9 Å². The first-order valence-electron chi connectivity index (χ1n) is 8.77. The van der Waals surface area contributed by atoms with Crippen molar-refractivity contribution in [2.75, 3.05) is 0 Å². The Morgan fingerprint density at radius 3 is 2.48 bits per heavy atom. The van der Waals surface area contributed by atoms with Crippen LogP contribution in [0, 0.1) is 20.8 Å². The van der Waals surface area contributed by atoms with Crippen LogP contribution in [-0.4, -0.2) is 26.9 Å². The number of H-pyrrole nitrogens is 1. The van der Waals surface area contributed by atoms with Crippen molar-refractivity contribution in [2.45, 2.75) is 39.7 Å². The second-order valence-corrected chi connectivity index (χ2v) is 7.90. The molecular weight excluding hydrogens is 360 g/mol. The zero-order valence-electron chi connectivity index (χ0n) is 15.6. The smallest absolute Gasteiger partial charge is 0.221 e. The molecule has 0 saturated carbocycles. The van der Waals surface area contributed by atoms with Gasteiger partial charge in [0.05, 0.1) is 0 Å². The van der Waals surface area contributed by atoms with E-state index >= 15 is 0 Å². The summed E-state index contributed by atoms with van der Waals surface area (Å²) >= 11 is 1.60. The summed E-state index contributed by atoms with van der Waals surface area (Å²) in [4.78, 5) is 31.4. The first-order chi connectivity index (χ1) is 12.9. The minimum Gasteiger partial charge on any atom is -0.342 e. The van der Waals surface area contributed by atoms with Crippen LogP contribution in [0.1, 0.15) is 56.2 Å². The Hall–Kier alpha value is -2.80. The highest BCUT2D eigenvalue weighted by atomic mass is 32.1. The minimum atomic E-state index is -0.455. The molecule has 140 valence electrons. The molecule has 1 atom stereocenters. The minimum absolute atomic E-state index is 0.00278. The predicted octanol–water partition coefficient (Wildman–Crippen LogP) is 3.66. The Kier molecular flexibility index (Phi) is 5.81. The van der Waals surface area contributed by atoms with Crippen LogP contribution < -0.4 is 5.32 Å². The fourth-order valence-corrected chi connectivity index (χ4v) is 3.88. The number of benzene rings is 1. The van der Waals surface area contributed by atoms with Crippen molar-refractivity contribution in [3.8, 4) is 0 Å². The molecule has 3 rings (SSSR count). The zero-order chi connectivity index (χ0) is 19.4. The molecule has 2 aromatic heterocycles. The van der Waals surface area contributed by atoms with Crippen molar-refractivity contribution in [3.05, 3.63) is 68.9 Å². The number of aryl methyl sites for hydroxylation is 3.